The monoisotopic (exact) mass is 169 g/mol. The quantitative estimate of drug-likeness (QED) is 0.596. The highest BCUT2D eigenvalue weighted by molar-refractivity contribution is 4.79. The molecule has 0 amide bonds. The highest BCUT2D eigenvalue weighted by Crippen LogP contribution is 2.13. The minimum Gasteiger partial charge on any atom is -0.376 e. The summed E-state index contributed by atoms with van der Waals surface area (Å²) in [4.78, 5) is 2.47. The molecule has 0 aromatic rings. The molecule has 0 spiro atoms. The average Bonchev–Trinajstić information content (AvgIpc) is 2.08. The van der Waals surface area contributed by atoms with E-state index in [1.54, 1.807) is 0 Å². The minimum atomic E-state index is 0.378. The third-order valence-electron chi connectivity index (χ3n) is 2.63. The minimum absolute atomic E-state index is 0.378. The summed E-state index contributed by atoms with van der Waals surface area (Å²) in [6.07, 6.45) is 3.44. The zero-order chi connectivity index (χ0) is 8.97. The maximum Gasteiger partial charge on any atom is 0.0700 e. The van der Waals surface area contributed by atoms with E-state index in [9.17, 15) is 0 Å². The molecular formula is C10H19NO. The fraction of sp³-hybridized carbons (Fsp3) is 0.800. The van der Waals surface area contributed by atoms with Gasteiger partial charge in [0.15, 0.2) is 0 Å². The summed E-state index contributed by atoms with van der Waals surface area (Å²) in [5.41, 5.74) is 0. The van der Waals surface area contributed by atoms with Crippen LogP contribution in [-0.2, 0) is 4.74 Å². The van der Waals surface area contributed by atoms with E-state index in [1.807, 2.05) is 6.08 Å². The summed E-state index contributed by atoms with van der Waals surface area (Å²) in [5, 5.41) is 0. The number of rotatable bonds is 3. The molecule has 12 heavy (non-hydrogen) atoms. The highest BCUT2D eigenvalue weighted by atomic mass is 16.5. The van der Waals surface area contributed by atoms with Crippen molar-refractivity contribution in [3.63, 3.8) is 0 Å². The number of morpholine rings is 1. The molecule has 2 unspecified atom stereocenters. The second-order valence-electron chi connectivity index (χ2n) is 3.43. The molecule has 1 aliphatic rings. The Morgan fingerprint density at radius 2 is 2.33 bits per heavy atom. The first-order chi connectivity index (χ1) is 5.75. The van der Waals surface area contributed by atoms with E-state index in [-0.39, 0.29) is 0 Å². The summed E-state index contributed by atoms with van der Waals surface area (Å²) in [5.74, 6) is 0. The van der Waals surface area contributed by atoms with Crippen LogP contribution in [-0.4, -0.2) is 36.7 Å². The van der Waals surface area contributed by atoms with E-state index < -0.39 is 0 Å². The van der Waals surface area contributed by atoms with Gasteiger partial charge in [-0.15, -0.1) is 6.58 Å². The standard InChI is InChI=1S/C10H19NO/c1-4-5-6-11-7-8-12-10(3)9(11)2/h4,9-10H,1,5-8H2,2-3H3. The predicted molar refractivity (Wildman–Crippen MR) is 51.3 cm³/mol. The van der Waals surface area contributed by atoms with Crippen molar-refractivity contribution in [1.82, 2.24) is 4.90 Å². The lowest BCUT2D eigenvalue weighted by molar-refractivity contribution is -0.0543. The van der Waals surface area contributed by atoms with Crippen molar-refractivity contribution in [3.8, 4) is 0 Å². The van der Waals surface area contributed by atoms with E-state index >= 15 is 0 Å². The Kier molecular flexibility index (Phi) is 3.76. The van der Waals surface area contributed by atoms with Crippen molar-refractivity contribution in [2.45, 2.75) is 32.4 Å². The molecule has 0 bridgehead atoms. The van der Waals surface area contributed by atoms with Crippen LogP contribution in [0.4, 0.5) is 0 Å². The van der Waals surface area contributed by atoms with Crippen molar-refractivity contribution < 1.29 is 4.74 Å². The Morgan fingerprint density at radius 3 is 3.00 bits per heavy atom. The first kappa shape index (κ1) is 9.75. The van der Waals surface area contributed by atoms with Crippen LogP contribution >= 0.6 is 0 Å². The van der Waals surface area contributed by atoms with Gasteiger partial charge in [0.25, 0.3) is 0 Å². The molecule has 1 aliphatic heterocycles. The summed E-state index contributed by atoms with van der Waals surface area (Å²) in [6, 6.07) is 0.554. The number of ether oxygens (including phenoxy) is 1. The van der Waals surface area contributed by atoms with Gasteiger partial charge in [0, 0.05) is 19.1 Å². The second kappa shape index (κ2) is 4.63. The van der Waals surface area contributed by atoms with Gasteiger partial charge < -0.3 is 4.74 Å². The maximum absolute atomic E-state index is 5.53. The zero-order valence-electron chi connectivity index (χ0n) is 8.12. The van der Waals surface area contributed by atoms with Gasteiger partial charge in [-0.1, -0.05) is 6.08 Å². The Labute approximate surface area is 75.2 Å². The molecule has 2 nitrogen and oxygen atoms in total. The molecule has 0 N–H and O–H groups in total. The topological polar surface area (TPSA) is 12.5 Å². The summed E-state index contributed by atoms with van der Waals surface area (Å²) >= 11 is 0. The molecular weight excluding hydrogens is 150 g/mol. The molecule has 1 fully saturated rings. The van der Waals surface area contributed by atoms with Crippen LogP contribution in [0.2, 0.25) is 0 Å². The summed E-state index contributed by atoms with van der Waals surface area (Å²) < 4.78 is 5.53. The third-order valence-corrected chi connectivity index (χ3v) is 2.63. The van der Waals surface area contributed by atoms with E-state index in [1.165, 1.54) is 0 Å². The second-order valence-corrected chi connectivity index (χ2v) is 3.43. The molecule has 70 valence electrons. The Bertz CT molecular complexity index is 147. The van der Waals surface area contributed by atoms with Crippen molar-refractivity contribution >= 4 is 0 Å². The third kappa shape index (κ3) is 2.32. The van der Waals surface area contributed by atoms with Crippen LogP contribution in [0, 0.1) is 0 Å². The van der Waals surface area contributed by atoms with Gasteiger partial charge in [-0.25, -0.2) is 0 Å². The van der Waals surface area contributed by atoms with Crippen molar-refractivity contribution in [3.05, 3.63) is 12.7 Å². The molecule has 0 radical (unpaired) electrons. The molecule has 0 aromatic heterocycles. The van der Waals surface area contributed by atoms with Crippen LogP contribution in [0.3, 0.4) is 0 Å². The van der Waals surface area contributed by atoms with Gasteiger partial charge in [-0.2, -0.15) is 0 Å². The molecule has 1 heterocycles. The van der Waals surface area contributed by atoms with Crippen LogP contribution in [0.15, 0.2) is 12.7 Å². The van der Waals surface area contributed by atoms with E-state index in [0.29, 0.717) is 12.1 Å². The number of hydrogen-bond acceptors (Lipinski definition) is 2. The van der Waals surface area contributed by atoms with E-state index in [2.05, 4.69) is 25.3 Å². The molecule has 2 atom stereocenters. The van der Waals surface area contributed by atoms with E-state index in [0.717, 1.165) is 26.1 Å². The molecule has 0 aliphatic carbocycles. The Hall–Kier alpha value is -0.340. The fourth-order valence-corrected chi connectivity index (χ4v) is 1.57. The summed E-state index contributed by atoms with van der Waals surface area (Å²) in [6.45, 7) is 11.2. The smallest absolute Gasteiger partial charge is 0.0700 e. The van der Waals surface area contributed by atoms with Gasteiger partial charge in [0.05, 0.1) is 12.7 Å². The Balaban J connectivity index is 2.35. The maximum atomic E-state index is 5.53. The van der Waals surface area contributed by atoms with Gasteiger partial charge >= 0.3 is 0 Å². The largest absolute Gasteiger partial charge is 0.376 e. The van der Waals surface area contributed by atoms with Crippen LogP contribution in [0.25, 0.3) is 0 Å². The van der Waals surface area contributed by atoms with Gasteiger partial charge in [-0.3, -0.25) is 4.90 Å². The lowest BCUT2D eigenvalue weighted by Gasteiger charge is -2.37. The van der Waals surface area contributed by atoms with E-state index in [4.69, 9.17) is 4.74 Å². The van der Waals surface area contributed by atoms with Gasteiger partial charge in [0.2, 0.25) is 0 Å². The van der Waals surface area contributed by atoms with Crippen LogP contribution in [0.1, 0.15) is 20.3 Å². The first-order valence-corrected chi connectivity index (χ1v) is 4.72. The molecule has 2 heteroatoms. The summed E-state index contributed by atoms with van der Waals surface area (Å²) in [7, 11) is 0. The van der Waals surface area contributed by atoms with Crippen LogP contribution < -0.4 is 0 Å². The van der Waals surface area contributed by atoms with Gasteiger partial charge in [-0.05, 0) is 20.3 Å². The normalized spacial score (nSPS) is 31.8. The first-order valence-electron chi connectivity index (χ1n) is 4.72. The number of nitrogens with zero attached hydrogens (tertiary/aromatic N) is 1. The average molecular weight is 169 g/mol. The van der Waals surface area contributed by atoms with Gasteiger partial charge in [0.1, 0.15) is 0 Å². The van der Waals surface area contributed by atoms with Crippen molar-refractivity contribution in [2.75, 3.05) is 19.7 Å². The molecule has 1 rings (SSSR count). The molecule has 0 saturated carbocycles. The molecule has 1 saturated heterocycles. The lowest BCUT2D eigenvalue weighted by Crippen LogP contribution is -2.48. The SMILES string of the molecule is C=CCCN1CCOC(C)C1C. The Morgan fingerprint density at radius 1 is 1.58 bits per heavy atom. The van der Waals surface area contributed by atoms with Crippen molar-refractivity contribution in [1.29, 1.82) is 0 Å². The lowest BCUT2D eigenvalue weighted by atomic mass is 10.1. The highest BCUT2D eigenvalue weighted by Gasteiger charge is 2.24. The fourth-order valence-electron chi connectivity index (χ4n) is 1.57. The number of hydrogen-bond donors (Lipinski definition) is 0. The predicted octanol–water partition coefficient (Wildman–Crippen LogP) is 1.67. The molecule has 0 aromatic carbocycles. The van der Waals surface area contributed by atoms with Crippen molar-refractivity contribution in [2.24, 2.45) is 0 Å². The van der Waals surface area contributed by atoms with Crippen LogP contribution in [0.5, 0.6) is 0 Å². The zero-order valence-corrected chi connectivity index (χ0v) is 8.12.